The van der Waals surface area contributed by atoms with Crippen molar-refractivity contribution in [1.29, 1.82) is 0 Å². The Morgan fingerprint density at radius 3 is 2.95 bits per heavy atom. The standard InChI is InChI=1S/C14H16BrN5O2/c1-4-5-20-18-14(17-19-20)16-12(21)8-22-13-10(3)6-9(2)7-11(13)15/h4,6-7H,1,5,8H2,2-3H3,(H,16,18,21). The number of aromatic nitrogens is 4. The van der Waals surface area contributed by atoms with Crippen LogP contribution in [0.25, 0.3) is 0 Å². The highest BCUT2D eigenvalue weighted by atomic mass is 79.9. The van der Waals surface area contributed by atoms with Gasteiger partial charge in [0.2, 0.25) is 0 Å². The Morgan fingerprint density at radius 1 is 1.50 bits per heavy atom. The summed E-state index contributed by atoms with van der Waals surface area (Å²) >= 11 is 3.43. The third-order valence-corrected chi connectivity index (χ3v) is 3.31. The monoisotopic (exact) mass is 365 g/mol. The number of tetrazole rings is 1. The number of hydrogen-bond acceptors (Lipinski definition) is 5. The SMILES string of the molecule is C=CCn1nnc(NC(=O)COc2c(C)cc(C)cc2Br)n1. The Labute approximate surface area is 136 Å². The van der Waals surface area contributed by atoms with Gasteiger partial charge in [-0.3, -0.25) is 10.1 Å². The minimum Gasteiger partial charge on any atom is -0.482 e. The highest BCUT2D eigenvalue weighted by Crippen LogP contribution is 2.30. The first kappa shape index (κ1) is 16.2. The van der Waals surface area contributed by atoms with Crippen molar-refractivity contribution in [3.8, 4) is 5.75 Å². The first-order valence-electron chi connectivity index (χ1n) is 6.57. The number of nitrogens with one attached hydrogen (secondary N) is 1. The van der Waals surface area contributed by atoms with Crippen molar-refractivity contribution in [3.63, 3.8) is 0 Å². The van der Waals surface area contributed by atoms with Crippen LogP contribution in [0.1, 0.15) is 11.1 Å². The lowest BCUT2D eigenvalue weighted by molar-refractivity contribution is -0.118. The summed E-state index contributed by atoms with van der Waals surface area (Å²) in [6.45, 7) is 7.77. The van der Waals surface area contributed by atoms with Crippen molar-refractivity contribution in [3.05, 3.63) is 40.4 Å². The van der Waals surface area contributed by atoms with Gasteiger partial charge in [-0.2, -0.15) is 4.80 Å². The molecule has 0 bridgehead atoms. The normalized spacial score (nSPS) is 10.3. The van der Waals surface area contributed by atoms with E-state index in [1.807, 2.05) is 26.0 Å². The Balaban J connectivity index is 1.94. The van der Waals surface area contributed by atoms with Crippen LogP contribution in [0.5, 0.6) is 5.75 Å². The molecule has 0 spiro atoms. The number of hydrogen-bond donors (Lipinski definition) is 1. The van der Waals surface area contributed by atoms with Crippen molar-refractivity contribution >= 4 is 27.8 Å². The van der Waals surface area contributed by atoms with E-state index in [0.717, 1.165) is 15.6 Å². The molecule has 0 atom stereocenters. The Bertz CT molecular complexity index is 675. The molecule has 1 heterocycles. The number of halogens is 1. The molecule has 0 radical (unpaired) electrons. The second-order valence-corrected chi connectivity index (χ2v) is 5.54. The molecule has 0 aliphatic heterocycles. The molecular weight excluding hydrogens is 350 g/mol. The van der Waals surface area contributed by atoms with Gasteiger partial charge in [-0.15, -0.1) is 11.7 Å². The molecule has 0 aliphatic rings. The highest BCUT2D eigenvalue weighted by molar-refractivity contribution is 9.10. The van der Waals surface area contributed by atoms with Gasteiger partial charge in [-0.25, -0.2) is 0 Å². The topological polar surface area (TPSA) is 81.9 Å². The zero-order valence-corrected chi connectivity index (χ0v) is 13.9. The van der Waals surface area contributed by atoms with Crippen molar-refractivity contribution in [2.45, 2.75) is 20.4 Å². The van der Waals surface area contributed by atoms with Gasteiger partial charge >= 0.3 is 0 Å². The molecule has 1 aromatic heterocycles. The molecule has 116 valence electrons. The van der Waals surface area contributed by atoms with Crippen LogP contribution in [0.4, 0.5) is 5.95 Å². The highest BCUT2D eigenvalue weighted by Gasteiger charge is 2.11. The molecule has 0 fully saturated rings. The molecule has 0 aliphatic carbocycles. The number of aryl methyl sites for hydroxylation is 2. The summed E-state index contributed by atoms with van der Waals surface area (Å²) in [4.78, 5) is 13.2. The maximum atomic E-state index is 11.9. The molecule has 22 heavy (non-hydrogen) atoms. The van der Waals surface area contributed by atoms with Crippen LogP contribution in [-0.2, 0) is 11.3 Å². The minimum atomic E-state index is -0.356. The molecule has 1 aromatic carbocycles. The van der Waals surface area contributed by atoms with Gasteiger partial charge < -0.3 is 4.74 Å². The number of amides is 1. The van der Waals surface area contributed by atoms with Gasteiger partial charge in [0.1, 0.15) is 5.75 Å². The molecule has 1 N–H and O–H groups in total. The van der Waals surface area contributed by atoms with E-state index in [1.165, 1.54) is 4.80 Å². The Hall–Kier alpha value is -2.22. The zero-order chi connectivity index (χ0) is 16.1. The quantitative estimate of drug-likeness (QED) is 0.793. The van der Waals surface area contributed by atoms with Crippen LogP contribution in [0.2, 0.25) is 0 Å². The average Bonchev–Trinajstić information content (AvgIpc) is 2.85. The first-order valence-corrected chi connectivity index (χ1v) is 7.37. The van der Waals surface area contributed by atoms with Gasteiger partial charge in [0.15, 0.2) is 6.61 Å². The second-order valence-electron chi connectivity index (χ2n) is 4.69. The maximum absolute atomic E-state index is 11.9. The van der Waals surface area contributed by atoms with Gasteiger partial charge in [0, 0.05) is 0 Å². The maximum Gasteiger partial charge on any atom is 0.270 e. The molecule has 7 nitrogen and oxygen atoms in total. The summed E-state index contributed by atoms with van der Waals surface area (Å²) in [5, 5.41) is 14.0. The number of anilines is 1. The predicted molar refractivity (Wildman–Crippen MR) is 85.8 cm³/mol. The van der Waals surface area contributed by atoms with Crippen LogP contribution in [0, 0.1) is 13.8 Å². The van der Waals surface area contributed by atoms with Gasteiger partial charge in [0.25, 0.3) is 11.9 Å². The smallest absolute Gasteiger partial charge is 0.270 e. The van der Waals surface area contributed by atoms with Crippen molar-refractivity contribution < 1.29 is 9.53 Å². The third-order valence-electron chi connectivity index (χ3n) is 2.72. The van der Waals surface area contributed by atoms with Crippen LogP contribution in [0.15, 0.2) is 29.3 Å². The summed E-state index contributed by atoms with van der Waals surface area (Å²) in [6.07, 6.45) is 1.63. The molecule has 0 saturated heterocycles. The first-order chi connectivity index (χ1) is 10.5. The molecule has 2 aromatic rings. The predicted octanol–water partition coefficient (Wildman–Crippen LogP) is 2.26. The summed E-state index contributed by atoms with van der Waals surface area (Å²) < 4.78 is 6.37. The van der Waals surface area contributed by atoms with Crippen molar-refractivity contribution in [2.75, 3.05) is 11.9 Å². The number of rotatable bonds is 6. The van der Waals surface area contributed by atoms with E-state index in [0.29, 0.717) is 12.3 Å². The van der Waals surface area contributed by atoms with Crippen LogP contribution in [-0.4, -0.2) is 32.7 Å². The van der Waals surface area contributed by atoms with Gasteiger partial charge in [0.05, 0.1) is 11.0 Å². The summed E-state index contributed by atoms with van der Waals surface area (Å²) in [5.41, 5.74) is 2.07. The van der Waals surface area contributed by atoms with E-state index in [-0.39, 0.29) is 18.5 Å². The largest absolute Gasteiger partial charge is 0.482 e. The molecule has 8 heteroatoms. The lowest BCUT2D eigenvalue weighted by atomic mass is 10.1. The number of allylic oxidation sites excluding steroid dienone is 1. The average molecular weight is 366 g/mol. The van der Waals surface area contributed by atoms with Crippen molar-refractivity contribution in [2.24, 2.45) is 0 Å². The molecule has 2 rings (SSSR count). The van der Waals surface area contributed by atoms with Crippen LogP contribution in [0.3, 0.4) is 0 Å². The number of nitrogens with zero attached hydrogens (tertiary/aromatic N) is 4. The Kier molecular flexibility index (Phi) is 5.26. The van der Waals surface area contributed by atoms with E-state index in [2.05, 4.69) is 43.2 Å². The van der Waals surface area contributed by atoms with E-state index >= 15 is 0 Å². The van der Waals surface area contributed by atoms with E-state index in [9.17, 15) is 4.79 Å². The molecule has 1 amide bonds. The van der Waals surface area contributed by atoms with Crippen molar-refractivity contribution in [1.82, 2.24) is 20.2 Å². The fourth-order valence-electron chi connectivity index (χ4n) is 1.87. The number of ether oxygens (including phenoxy) is 1. The fraction of sp³-hybridized carbons (Fsp3) is 0.286. The molecule has 0 unspecified atom stereocenters. The zero-order valence-electron chi connectivity index (χ0n) is 12.3. The van der Waals surface area contributed by atoms with Crippen LogP contribution >= 0.6 is 15.9 Å². The molecular formula is C14H16BrN5O2. The lowest BCUT2D eigenvalue weighted by Crippen LogP contribution is -2.21. The summed E-state index contributed by atoms with van der Waals surface area (Å²) in [7, 11) is 0. The lowest BCUT2D eigenvalue weighted by Gasteiger charge is -2.11. The summed E-state index contributed by atoms with van der Waals surface area (Å²) in [5.74, 6) is 0.421. The summed E-state index contributed by atoms with van der Waals surface area (Å²) in [6, 6.07) is 3.92. The second kappa shape index (κ2) is 7.17. The van der Waals surface area contributed by atoms with E-state index in [1.54, 1.807) is 6.08 Å². The van der Waals surface area contributed by atoms with Gasteiger partial charge in [-0.05, 0) is 52.2 Å². The Morgan fingerprint density at radius 2 is 2.27 bits per heavy atom. The fourth-order valence-corrected chi connectivity index (χ4v) is 2.66. The van der Waals surface area contributed by atoms with Gasteiger partial charge in [-0.1, -0.05) is 17.2 Å². The van der Waals surface area contributed by atoms with E-state index < -0.39 is 0 Å². The van der Waals surface area contributed by atoms with Crippen LogP contribution < -0.4 is 10.1 Å². The number of carbonyl (C=O) groups excluding carboxylic acids is 1. The minimum absolute atomic E-state index is 0.134. The third kappa shape index (κ3) is 4.14. The number of carbonyl (C=O) groups is 1. The van der Waals surface area contributed by atoms with E-state index in [4.69, 9.17) is 4.74 Å². The molecule has 0 saturated carbocycles. The number of benzene rings is 1.